The molecule has 2 fully saturated rings. The summed E-state index contributed by atoms with van der Waals surface area (Å²) >= 11 is 0. The van der Waals surface area contributed by atoms with Gasteiger partial charge in [0.05, 0.1) is 12.2 Å². The van der Waals surface area contributed by atoms with E-state index in [1.54, 1.807) is 0 Å². The Morgan fingerprint density at radius 3 is 2.36 bits per heavy atom. The van der Waals surface area contributed by atoms with Gasteiger partial charge in [-0.1, -0.05) is 24.3 Å². The summed E-state index contributed by atoms with van der Waals surface area (Å²) in [4.78, 5) is 12.0. The Morgan fingerprint density at radius 2 is 1.77 bits per heavy atom. The quantitative estimate of drug-likeness (QED) is 0.896. The lowest BCUT2D eigenvalue weighted by molar-refractivity contribution is -0.0402. The molecule has 4 heteroatoms. The molecular formula is C18H26N2O2. The van der Waals surface area contributed by atoms with Crippen LogP contribution in [0, 0.1) is 0 Å². The van der Waals surface area contributed by atoms with E-state index < -0.39 is 0 Å². The normalized spacial score (nSPS) is 28.2. The maximum Gasteiger partial charge on any atom is 0.315 e. The lowest BCUT2D eigenvalue weighted by Gasteiger charge is -2.32. The SMILES string of the molecule is C[C@@H]1CC(NC(=O)NCc2ccc(C3CC3)cc2)C[C@H](C)O1. The van der Waals surface area contributed by atoms with Gasteiger partial charge in [-0.3, -0.25) is 0 Å². The molecule has 22 heavy (non-hydrogen) atoms. The largest absolute Gasteiger partial charge is 0.375 e. The van der Waals surface area contributed by atoms with Crippen molar-refractivity contribution in [2.45, 2.75) is 70.2 Å². The molecule has 0 bridgehead atoms. The van der Waals surface area contributed by atoms with Gasteiger partial charge in [-0.2, -0.15) is 0 Å². The van der Waals surface area contributed by atoms with Crippen LogP contribution in [0.3, 0.4) is 0 Å². The Morgan fingerprint density at radius 1 is 1.14 bits per heavy atom. The molecule has 0 spiro atoms. The number of carbonyl (C=O) groups is 1. The average Bonchev–Trinajstić information content (AvgIpc) is 3.29. The fourth-order valence-corrected chi connectivity index (χ4v) is 3.27. The lowest BCUT2D eigenvalue weighted by Crippen LogP contribution is -2.47. The second-order valence-electron chi connectivity index (χ2n) is 6.77. The first-order chi connectivity index (χ1) is 10.6. The topological polar surface area (TPSA) is 50.4 Å². The van der Waals surface area contributed by atoms with Crippen LogP contribution < -0.4 is 10.6 Å². The van der Waals surface area contributed by atoms with Gasteiger partial charge in [0, 0.05) is 12.6 Å². The number of hydrogen-bond donors (Lipinski definition) is 2. The molecular weight excluding hydrogens is 276 g/mol. The number of nitrogens with one attached hydrogen (secondary N) is 2. The Balaban J connectivity index is 1.43. The van der Waals surface area contributed by atoms with Crippen molar-refractivity contribution in [2.24, 2.45) is 0 Å². The zero-order valence-corrected chi connectivity index (χ0v) is 13.5. The second-order valence-corrected chi connectivity index (χ2v) is 6.77. The Labute approximate surface area is 132 Å². The first kappa shape index (κ1) is 15.3. The number of hydrogen-bond acceptors (Lipinski definition) is 2. The van der Waals surface area contributed by atoms with E-state index in [1.807, 2.05) is 0 Å². The third-order valence-electron chi connectivity index (χ3n) is 4.51. The van der Waals surface area contributed by atoms with Gasteiger partial charge in [0.25, 0.3) is 0 Å². The van der Waals surface area contributed by atoms with Crippen LogP contribution in [-0.2, 0) is 11.3 Å². The van der Waals surface area contributed by atoms with Crippen LogP contribution in [0.1, 0.15) is 56.6 Å². The molecule has 1 aromatic rings. The third-order valence-corrected chi connectivity index (χ3v) is 4.51. The predicted octanol–water partition coefficient (Wildman–Crippen LogP) is 3.32. The number of carbonyl (C=O) groups excluding carboxylic acids is 1. The molecule has 1 aromatic carbocycles. The van der Waals surface area contributed by atoms with Crippen LogP contribution in [0.15, 0.2) is 24.3 Å². The molecule has 2 N–H and O–H groups in total. The molecule has 1 saturated carbocycles. The molecule has 2 aliphatic rings. The van der Waals surface area contributed by atoms with Crippen LogP contribution in [0.2, 0.25) is 0 Å². The highest BCUT2D eigenvalue weighted by molar-refractivity contribution is 5.74. The van der Waals surface area contributed by atoms with Crippen molar-refractivity contribution in [3.63, 3.8) is 0 Å². The minimum atomic E-state index is -0.0856. The summed E-state index contributed by atoms with van der Waals surface area (Å²) in [6, 6.07) is 8.73. The Bertz CT molecular complexity index is 500. The van der Waals surface area contributed by atoms with Gasteiger partial charge >= 0.3 is 6.03 Å². The van der Waals surface area contributed by atoms with Crippen molar-refractivity contribution >= 4 is 6.03 Å². The van der Waals surface area contributed by atoms with Crippen molar-refractivity contribution in [1.82, 2.24) is 10.6 Å². The van der Waals surface area contributed by atoms with Crippen LogP contribution in [0.25, 0.3) is 0 Å². The van der Waals surface area contributed by atoms with Gasteiger partial charge < -0.3 is 15.4 Å². The smallest absolute Gasteiger partial charge is 0.315 e. The van der Waals surface area contributed by atoms with Gasteiger partial charge in [0.2, 0.25) is 0 Å². The van der Waals surface area contributed by atoms with Gasteiger partial charge in [0.15, 0.2) is 0 Å². The highest BCUT2D eigenvalue weighted by Gasteiger charge is 2.25. The Hall–Kier alpha value is -1.55. The number of rotatable bonds is 4. The van der Waals surface area contributed by atoms with Crippen molar-refractivity contribution in [3.8, 4) is 0 Å². The van der Waals surface area contributed by atoms with E-state index in [-0.39, 0.29) is 24.3 Å². The number of benzene rings is 1. The highest BCUT2D eigenvalue weighted by Crippen LogP contribution is 2.39. The summed E-state index contributed by atoms with van der Waals surface area (Å²) in [7, 11) is 0. The zero-order valence-electron chi connectivity index (χ0n) is 13.5. The number of urea groups is 1. The van der Waals surface area contributed by atoms with Crippen LogP contribution in [0.5, 0.6) is 0 Å². The fourth-order valence-electron chi connectivity index (χ4n) is 3.27. The second kappa shape index (κ2) is 6.69. The van der Waals surface area contributed by atoms with E-state index in [0.29, 0.717) is 6.54 Å². The van der Waals surface area contributed by atoms with E-state index in [0.717, 1.165) is 24.3 Å². The van der Waals surface area contributed by atoms with Crippen LogP contribution in [0.4, 0.5) is 4.79 Å². The van der Waals surface area contributed by atoms with Gasteiger partial charge in [-0.25, -0.2) is 4.79 Å². The summed E-state index contributed by atoms with van der Waals surface area (Å²) in [5.41, 5.74) is 2.58. The maximum atomic E-state index is 12.0. The molecule has 1 saturated heterocycles. The summed E-state index contributed by atoms with van der Waals surface area (Å²) in [6.45, 7) is 4.69. The highest BCUT2D eigenvalue weighted by atomic mass is 16.5. The van der Waals surface area contributed by atoms with Gasteiger partial charge in [0.1, 0.15) is 0 Å². The lowest BCUT2D eigenvalue weighted by atomic mass is 10.0. The molecule has 4 nitrogen and oxygen atoms in total. The monoisotopic (exact) mass is 302 g/mol. The summed E-state index contributed by atoms with van der Waals surface area (Å²) in [6.07, 6.45) is 4.83. The van der Waals surface area contributed by atoms with Crippen LogP contribution in [-0.4, -0.2) is 24.3 Å². The minimum absolute atomic E-state index is 0.0856. The average molecular weight is 302 g/mol. The first-order valence-corrected chi connectivity index (χ1v) is 8.39. The predicted molar refractivity (Wildman–Crippen MR) is 86.8 cm³/mol. The summed E-state index contributed by atoms with van der Waals surface area (Å²) in [5, 5.41) is 6.01. The van der Waals surface area contributed by atoms with Crippen molar-refractivity contribution in [1.29, 1.82) is 0 Å². The van der Waals surface area contributed by atoms with E-state index >= 15 is 0 Å². The molecule has 120 valence electrons. The van der Waals surface area contributed by atoms with Crippen molar-refractivity contribution in [2.75, 3.05) is 0 Å². The molecule has 0 aromatic heterocycles. The first-order valence-electron chi connectivity index (χ1n) is 8.39. The molecule has 2 amide bonds. The molecule has 3 atom stereocenters. The molecule has 1 heterocycles. The molecule has 1 aliphatic heterocycles. The van der Waals surface area contributed by atoms with Crippen molar-refractivity contribution in [3.05, 3.63) is 35.4 Å². The Kier molecular flexibility index (Phi) is 4.67. The number of amides is 2. The maximum absolute atomic E-state index is 12.0. The van der Waals surface area contributed by atoms with Crippen molar-refractivity contribution < 1.29 is 9.53 Å². The molecule has 0 radical (unpaired) electrons. The zero-order chi connectivity index (χ0) is 15.5. The van der Waals surface area contributed by atoms with Gasteiger partial charge in [-0.15, -0.1) is 0 Å². The van der Waals surface area contributed by atoms with E-state index in [4.69, 9.17) is 4.74 Å². The molecule has 1 unspecified atom stereocenters. The number of ether oxygens (including phenoxy) is 1. The van der Waals surface area contributed by atoms with E-state index in [9.17, 15) is 4.79 Å². The standard InChI is InChI=1S/C18H26N2O2/c1-12-9-17(10-13(2)22-12)20-18(21)19-11-14-3-5-15(6-4-14)16-7-8-16/h3-6,12-13,16-17H,7-11H2,1-2H3,(H2,19,20,21)/t12-,13+,17?. The van der Waals surface area contributed by atoms with E-state index in [1.165, 1.54) is 18.4 Å². The minimum Gasteiger partial charge on any atom is -0.375 e. The fraction of sp³-hybridized carbons (Fsp3) is 0.611. The van der Waals surface area contributed by atoms with Gasteiger partial charge in [-0.05, 0) is 56.6 Å². The summed E-state index contributed by atoms with van der Waals surface area (Å²) in [5.74, 6) is 0.780. The summed E-state index contributed by atoms with van der Waals surface area (Å²) < 4.78 is 5.69. The third kappa shape index (κ3) is 4.23. The molecule has 3 rings (SSSR count). The van der Waals surface area contributed by atoms with Crippen LogP contribution >= 0.6 is 0 Å². The van der Waals surface area contributed by atoms with E-state index in [2.05, 4.69) is 48.7 Å². The molecule has 1 aliphatic carbocycles.